The minimum absolute atomic E-state index is 0. The standard InChI is InChI=1S/C19H25F3N6O.HI/c1-12-5-6-15(29-4)14(11-12)13(2)27-17(23-3)25-9-10-26-18-24-8-7-16(28-18)19(20,21)22;/h5-8,11,13H,9-10H2,1-4H3,(H2,23,25,27)(H,24,26,28);1H. The number of nitrogens with zero attached hydrogens (tertiary/aromatic N) is 3. The number of alkyl halides is 3. The van der Waals surface area contributed by atoms with Crippen LogP contribution in [0.5, 0.6) is 5.75 Å². The summed E-state index contributed by atoms with van der Waals surface area (Å²) < 4.78 is 43.5. The van der Waals surface area contributed by atoms with E-state index in [4.69, 9.17) is 4.74 Å². The molecule has 0 aliphatic rings. The van der Waals surface area contributed by atoms with Crippen molar-refractivity contribution < 1.29 is 17.9 Å². The molecule has 0 aliphatic carbocycles. The van der Waals surface area contributed by atoms with Crippen molar-refractivity contribution in [3.8, 4) is 5.75 Å². The maximum Gasteiger partial charge on any atom is 0.433 e. The summed E-state index contributed by atoms with van der Waals surface area (Å²) in [4.78, 5) is 11.4. The van der Waals surface area contributed by atoms with Crippen LogP contribution in [0.1, 0.15) is 29.8 Å². The molecule has 7 nitrogen and oxygen atoms in total. The Morgan fingerprint density at radius 1 is 1.23 bits per heavy atom. The van der Waals surface area contributed by atoms with E-state index in [1.165, 1.54) is 0 Å². The predicted molar refractivity (Wildman–Crippen MR) is 122 cm³/mol. The zero-order chi connectivity index (χ0) is 21.4. The van der Waals surface area contributed by atoms with Crippen LogP contribution in [0, 0.1) is 6.92 Å². The number of methoxy groups -OCH3 is 1. The van der Waals surface area contributed by atoms with E-state index in [9.17, 15) is 13.2 Å². The minimum atomic E-state index is -4.50. The molecule has 1 heterocycles. The van der Waals surface area contributed by atoms with E-state index in [1.807, 2.05) is 32.0 Å². The summed E-state index contributed by atoms with van der Waals surface area (Å²) in [6.07, 6.45) is -3.43. The first-order valence-corrected chi connectivity index (χ1v) is 9.00. The van der Waals surface area contributed by atoms with Crippen molar-refractivity contribution in [3.05, 3.63) is 47.3 Å². The molecule has 0 bridgehead atoms. The van der Waals surface area contributed by atoms with E-state index in [0.717, 1.165) is 29.1 Å². The monoisotopic (exact) mass is 538 g/mol. The molecule has 2 aromatic rings. The molecule has 3 N–H and O–H groups in total. The quantitative estimate of drug-likeness (QED) is 0.216. The number of hydrogen-bond donors (Lipinski definition) is 3. The van der Waals surface area contributed by atoms with Gasteiger partial charge < -0.3 is 20.7 Å². The Bertz CT molecular complexity index is 847. The van der Waals surface area contributed by atoms with Crippen molar-refractivity contribution in [3.63, 3.8) is 0 Å². The zero-order valence-corrected chi connectivity index (χ0v) is 19.5. The van der Waals surface area contributed by atoms with E-state index < -0.39 is 11.9 Å². The van der Waals surface area contributed by atoms with Gasteiger partial charge in [0.15, 0.2) is 5.96 Å². The third-order valence-corrected chi connectivity index (χ3v) is 4.08. The number of hydrogen-bond acceptors (Lipinski definition) is 5. The van der Waals surface area contributed by atoms with Crippen molar-refractivity contribution in [2.24, 2.45) is 4.99 Å². The lowest BCUT2D eigenvalue weighted by atomic mass is 10.0. The van der Waals surface area contributed by atoms with Crippen molar-refractivity contribution in [2.75, 3.05) is 32.6 Å². The van der Waals surface area contributed by atoms with Crippen molar-refractivity contribution in [1.82, 2.24) is 20.6 Å². The van der Waals surface area contributed by atoms with Gasteiger partial charge in [0.05, 0.1) is 13.2 Å². The van der Waals surface area contributed by atoms with Gasteiger partial charge in [-0.05, 0) is 26.0 Å². The summed E-state index contributed by atoms with van der Waals surface area (Å²) in [5.41, 5.74) is 1.12. The molecule has 1 atom stereocenters. The second-order valence-electron chi connectivity index (χ2n) is 6.30. The minimum Gasteiger partial charge on any atom is -0.496 e. The maximum absolute atomic E-state index is 12.7. The van der Waals surface area contributed by atoms with Crippen LogP contribution < -0.4 is 20.7 Å². The summed E-state index contributed by atoms with van der Waals surface area (Å²) in [5, 5.41) is 9.12. The van der Waals surface area contributed by atoms with Crippen LogP contribution >= 0.6 is 24.0 Å². The summed E-state index contributed by atoms with van der Waals surface area (Å²) in [6, 6.07) is 6.68. The highest BCUT2D eigenvalue weighted by atomic mass is 127. The second-order valence-corrected chi connectivity index (χ2v) is 6.30. The number of anilines is 1. The summed E-state index contributed by atoms with van der Waals surface area (Å²) in [6.45, 7) is 4.70. The van der Waals surface area contributed by atoms with Gasteiger partial charge in [-0.25, -0.2) is 9.97 Å². The Kier molecular flexibility index (Phi) is 10.1. The Morgan fingerprint density at radius 2 is 1.97 bits per heavy atom. The molecule has 166 valence electrons. The lowest BCUT2D eigenvalue weighted by Crippen LogP contribution is -2.40. The van der Waals surface area contributed by atoms with Crippen LogP contribution in [0.4, 0.5) is 19.1 Å². The number of aromatic nitrogens is 2. The van der Waals surface area contributed by atoms with Crippen LogP contribution in [-0.2, 0) is 6.18 Å². The molecule has 0 radical (unpaired) electrons. The molecular formula is C19H26F3IN6O. The summed E-state index contributed by atoms with van der Waals surface area (Å²) >= 11 is 0. The first-order chi connectivity index (χ1) is 13.7. The van der Waals surface area contributed by atoms with E-state index >= 15 is 0 Å². The molecule has 0 saturated heterocycles. The Balaban J connectivity index is 0.00000450. The topological polar surface area (TPSA) is 83.5 Å². The molecule has 2 rings (SSSR count). The Labute approximate surface area is 191 Å². The Morgan fingerprint density at radius 3 is 2.60 bits per heavy atom. The van der Waals surface area contributed by atoms with Crippen LogP contribution in [0.25, 0.3) is 0 Å². The SMILES string of the molecule is CN=C(NCCNc1nccc(C(F)(F)F)n1)NC(C)c1cc(C)ccc1OC.I. The molecule has 0 fully saturated rings. The van der Waals surface area contributed by atoms with Crippen molar-refractivity contribution >= 4 is 35.9 Å². The molecule has 0 spiro atoms. The Hall–Kier alpha value is -2.31. The zero-order valence-electron chi connectivity index (χ0n) is 17.2. The third-order valence-electron chi connectivity index (χ3n) is 4.08. The van der Waals surface area contributed by atoms with Gasteiger partial charge in [-0.3, -0.25) is 4.99 Å². The molecular weight excluding hydrogens is 512 g/mol. The number of ether oxygens (including phenoxy) is 1. The fraction of sp³-hybridized carbons (Fsp3) is 0.421. The number of guanidine groups is 1. The van der Waals surface area contributed by atoms with Crippen molar-refractivity contribution in [2.45, 2.75) is 26.1 Å². The van der Waals surface area contributed by atoms with Gasteiger partial charge in [0.2, 0.25) is 5.95 Å². The predicted octanol–water partition coefficient (Wildman–Crippen LogP) is 3.77. The van der Waals surface area contributed by atoms with Crippen molar-refractivity contribution in [1.29, 1.82) is 0 Å². The average Bonchev–Trinajstić information content (AvgIpc) is 2.69. The molecule has 0 amide bonds. The van der Waals surface area contributed by atoms with Gasteiger partial charge in [0.1, 0.15) is 11.4 Å². The highest BCUT2D eigenvalue weighted by Gasteiger charge is 2.32. The fourth-order valence-corrected chi connectivity index (χ4v) is 2.63. The van der Waals surface area contributed by atoms with E-state index in [1.54, 1.807) is 14.2 Å². The number of aliphatic imine (C=N–C) groups is 1. The van der Waals surface area contributed by atoms with E-state index in [2.05, 4.69) is 30.9 Å². The van der Waals surface area contributed by atoms with Crippen LogP contribution in [0.15, 0.2) is 35.5 Å². The van der Waals surface area contributed by atoms with Crippen LogP contribution in [0.3, 0.4) is 0 Å². The summed E-state index contributed by atoms with van der Waals surface area (Å²) in [7, 11) is 3.26. The lowest BCUT2D eigenvalue weighted by molar-refractivity contribution is -0.141. The largest absolute Gasteiger partial charge is 0.496 e. The van der Waals surface area contributed by atoms with Gasteiger partial charge >= 0.3 is 6.18 Å². The summed E-state index contributed by atoms with van der Waals surface area (Å²) in [5.74, 6) is 1.24. The number of aryl methyl sites for hydroxylation is 1. The van der Waals surface area contributed by atoms with E-state index in [0.29, 0.717) is 19.0 Å². The van der Waals surface area contributed by atoms with Gasteiger partial charge in [-0.2, -0.15) is 13.2 Å². The number of rotatable bonds is 7. The molecule has 30 heavy (non-hydrogen) atoms. The smallest absolute Gasteiger partial charge is 0.433 e. The maximum atomic E-state index is 12.7. The highest BCUT2D eigenvalue weighted by Crippen LogP contribution is 2.27. The molecule has 11 heteroatoms. The first kappa shape index (κ1) is 25.7. The van der Waals surface area contributed by atoms with Gasteiger partial charge in [-0.1, -0.05) is 17.7 Å². The van der Waals surface area contributed by atoms with Gasteiger partial charge in [0.25, 0.3) is 0 Å². The van der Waals surface area contributed by atoms with E-state index in [-0.39, 0.29) is 36.0 Å². The normalized spacial score (nSPS) is 12.6. The van der Waals surface area contributed by atoms with Gasteiger partial charge in [-0.15, -0.1) is 24.0 Å². The molecule has 1 aromatic heterocycles. The molecule has 0 saturated carbocycles. The second kappa shape index (κ2) is 11.8. The molecule has 1 unspecified atom stereocenters. The lowest BCUT2D eigenvalue weighted by Gasteiger charge is -2.20. The molecule has 0 aliphatic heterocycles. The highest BCUT2D eigenvalue weighted by molar-refractivity contribution is 14.0. The molecule has 1 aromatic carbocycles. The number of nitrogens with one attached hydrogen (secondary N) is 3. The first-order valence-electron chi connectivity index (χ1n) is 9.00. The average molecular weight is 538 g/mol. The van der Waals surface area contributed by atoms with Crippen LogP contribution in [0.2, 0.25) is 0 Å². The van der Waals surface area contributed by atoms with Gasteiger partial charge in [0, 0.05) is 31.9 Å². The number of benzene rings is 1. The third kappa shape index (κ3) is 7.50. The number of halogens is 4. The fourth-order valence-electron chi connectivity index (χ4n) is 2.63. The van der Waals surface area contributed by atoms with Crippen LogP contribution in [-0.4, -0.2) is 43.2 Å².